The lowest BCUT2D eigenvalue weighted by Crippen LogP contribution is -1.83. The van der Waals surface area contributed by atoms with Gasteiger partial charge in [0, 0.05) is 64.8 Å². The van der Waals surface area contributed by atoms with E-state index in [1.165, 1.54) is 30.9 Å². The molecular weight excluding hydrogens is 1130 g/mol. The molecule has 496 valence electrons. The fraction of sp³-hybridized carbons (Fsp3) is 0.561. The first-order valence-electron chi connectivity index (χ1n) is 29.2. The molecule has 0 fully saturated rings. The van der Waals surface area contributed by atoms with Crippen LogP contribution in [0.5, 0.6) is 0 Å². The van der Waals surface area contributed by atoms with Gasteiger partial charge in [-0.25, -0.2) is 19.9 Å². The maximum absolute atomic E-state index is 4.86. The molecule has 11 aromatic rings. The van der Waals surface area contributed by atoms with Gasteiger partial charge in [0.25, 0.3) is 0 Å². The summed E-state index contributed by atoms with van der Waals surface area (Å²) in [5.74, 6) is 5.13. The first-order valence-corrected chi connectivity index (χ1v) is 30.0. The van der Waals surface area contributed by atoms with Gasteiger partial charge in [0.05, 0.1) is 6.20 Å². The average Bonchev–Trinajstić information content (AvgIpc) is 4.38. The molecule has 11 aromatic heterocycles. The van der Waals surface area contributed by atoms with Crippen LogP contribution in [0.4, 0.5) is 0 Å². The largest absolute Gasteiger partial charge is 0.426 e. The number of aromatic amines is 6. The van der Waals surface area contributed by atoms with Gasteiger partial charge in [0.15, 0.2) is 5.82 Å². The molecule has 0 saturated carbocycles. The Labute approximate surface area is 525 Å². The number of hydrogen-bond acceptors (Lipinski definition) is 22. The van der Waals surface area contributed by atoms with Crippen molar-refractivity contribution in [3.8, 4) is 0 Å². The normalized spacial score (nSPS) is 7.77. The molecule has 0 spiro atoms. The zero-order valence-corrected chi connectivity index (χ0v) is 59.9. The Morgan fingerprint density at radius 3 is 0.920 bits per heavy atom. The molecule has 0 unspecified atom stereocenters. The van der Waals surface area contributed by atoms with Gasteiger partial charge in [-0.05, 0) is 80.0 Å². The van der Waals surface area contributed by atoms with Crippen molar-refractivity contribution in [2.75, 3.05) is 0 Å². The van der Waals surface area contributed by atoms with E-state index in [0.29, 0.717) is 23.5 Å². The minimum absolute atomic E-state index is 0.623. The van der Waals surface area contributed by atoms with Gasteiger partial charge >= 0.3 is 0 Å². The highest BCUT2D eigenvalue weighted by atomic mass is 32.1. The van der Waals surface area contributed by atoms with E-state index in [0.717, 1.165) is 38.9 Å². The Bertz CT molecular complexity index is 2130. The lowest BCUT2D eigenvalue weighted by Gasteiger charge is -1.74. The third kappa shape index (κ3) is 79.3. The molecule has 0 aliphatic heterocycles. The first kappa shape index (κ1) is 97.3. The summed E-state index contributed by atoms with van der Waals surface area (Å²) in [5, 5.41) is 69.1. The summed E-state index contributed by atoms with van der Waals surface area (Å²) < 4.78 is 12.9. The van der Waals surface area contributed by atoms with E-state index in [1.807, 2.05) is 212 Å². The first-order chi connectivity index (χ1) is 42.0. The summed E-state index contributed by atoms with van der Waals surface area (Å²) >= 11 is 1.62. The molecule has 0 amide bonds. The minimum atomic E-state index is 0.623. The number of aryl methyl sites for hydroxylation is 14. The maximum atomic E-state index is 4.86. The van der Waals surface area contributed by atoms with Crippen molar-refractivity contribution in [3.05, 3.63) is 149 Å². The second-order valence-corrected chi connectivity index (χ2v) is 14.6. The summed E-state index contributed by atoms with van der Waals surface area (Å²) in [6, 6.07) is 3.83. The SMILES string of the molecule is CC.CC.CC.CC.CC.CC.CC.CC.CC.Cc1ccn[nH]1.Cc1ccn[nH]1.Cc1cn[nH]c1.Cc1ncn[nH]1.Cc1ncn[nH]1.Cc1ncn[nH]1.Cc1nnc(C)o1.Cc1nnc(C)s1.Cc1noc(C)n1.Cn1cncn1.Cn1cnnc1. The van der Waals surface area contributed by atoms with E-state index in [-0.39, 0.29) is 0 Å². The van der Waals surface area contributed by atoms with E-state index < -0.39 is 0 Å². The number of aromatic nitrogens is 27. The summed E-state index contributed by atoms with van der Waals surface area (Å²) in [6.07, 6.45) is 17.9. The minimum Gasteiger partial charge on any atom is -0.426 e. The highest BCUT2D eigenvalue weighted by molar-refractivity contribution is 7.11. The predicted octanol–water partition coefficient (Wildman–Crippen LogP) is 13.9. The van der Waals surface area contributed by atoms with Crippen LogP contribution in [0.2, 0.25) is 0 Å². The van der Waals surface area contributed by atoms with Crippen molar-refractivity contribution in [2.45, 2.75) is 208 Å². The van der Waals surface area contributed by atoms with Gasteiger partial charge in [0.2, 0.25) is 17.7 Å². The Morgan fingerprint density at radius 1 is 0.437 bits per heavy atom. The highest BCUT2D eigenvalue weighted by Gasteiger charge is 1.91. The lowest BCUT2D eigenvalue weighted by molar-refractivity contribution is 0.389. The monoisotopic (exact) mass is 1240 g/mol. The molecular formula is C57H115N27O2S. The van der Waals surface area contributed by atoms with Crippen molar-refractivity contribution in [1.29, 1.82) is 0 Å². The summed E-state index contributed by atoms with van der Waals surface area (Å²) in [5.41, 5.74) is 3.39. The molecule has 6 N–H and O–H groups in total. The van der Waals surface area contributed by atoms with Crippen LogP contribution in [0.3, 0.4) is 0 Å². The van der Waals surface area contributed by atoms with E-state index in [1.54, 1.807) is 85.9 Å². The maximum Gasteiger partial charge on any atom is 0.223 e. The molecule has 0 aromatic carbocycles. The number of rotatable bonds is 0. The number of H-pyrrole nitrogens is 6. The Morgan fingerprint density at radius 2 is 0.828 bits per heavy atom. The van der Waals surface area contributed by atoms with Gasteiger partial charge in [-0.1, -0.05) is 130 Å². The van der Waals surface area contributed by atoms with E-state index >= 15 is 0 Å². The zero-order chi connectivity index (χ0) is 69.1. The van der Waals surface area contributed by atoms with Gasteiger partial charge in [-0.15, -0.1) is 41.9 Å². The van der Waals surface area contributed by atoms with Crippen LogP contribution in [-0.2, 0) is 14.1 Å². The number of hydrogen-bond donors (Lipinski definition) is 6. The second-order valence-electron chi connectivity index (χ2n) is 13.2. The molecule has 0 aliphatic carbocycles. The van der Waals surface area contributed by atoms with Crippen molar-refractivity contribution < 1.29 is 8.94 Å². The summed E-state index contributed by atoms with van der Waals surface area (Å²) in [7, 11) is 3.70. The van der Waals surface area contributed by atoms with Crippen LogP contribution < -0.4 is 0 Å². The topological polar surface area (TPSA) is 376 Å². The molecule has 11 rings (SSSR count). The lowest BCUT2D eigenvalue weighted by atomic mass is 10.4. The smallest absolute Gasteiger partial charge is 0.223 e. The Balaban J connectivity index is -0.000000107. The highest BCUT2D eigenvalue weighted by Crippen LogP contribution is 2.04. The molecule has 87 heavy (non-hydrogen) atoms. The number of nitrogens with zero attached hydrogens (tertiary/aromatic N) is 21. The Hall–Kier alpha value is -8.83. The molecule has 29 nitrogen and oxygen atoms in total. The predicted molar refractivity (Wildman–Crippen MR) is 354 cm³/mol. The fourth-order valence-electron chi connectivity index (χ4n) is 3.48. The molecule has 0 saturated heterocycles. The van der Waals surface area contributed by atoms with Crippen molar-refractivity contribution in [3.63, 3.8) is 0 Å². The third-order valence-corrected chi connectivity index (χ3v) is 7.23. The van der Waals surface area contributed by atoms with E-state index in [4.69, 9.17) is 4.42 Å². The Kier molecular flexibility index (Phi) is 91.0. The molecule has 11 heterocycles. The standard InChI is InChI=1S/2C4H6N2O.C4H6N2S.3C4H6N2.5C3H5N3.9C2H6/c1-3-5-6-4(2)7-3;1-3-5-4(2)7-6-3;1-3-5-6-4(2)7-3;1-4-2-5-6-3-4;2*1-4-2-3-5-6-4;1-6-2-4-5-3-6;1-6-3-4-2-5-6;3*1-3-4-2-5-6-3;9*1-2/h3*1-2H3;3*2-3H,1H3,(H,5,6);2*2-3H,1H3;3*2H,1H3,(H,4,5,6);9*1-2H3. The summed E-state index contributed by atoms with van der Waals surface area (Å²) in [6.45, 7) is 58.5. The molecule has 0 aliphatic rings. The third-order valence-electron chi connectivity index (χ3n) is 6.47. The molecule has 0 atom stereocenters. The van der Waals surface area contributed by atoms with Gasteiger partial charge < -0.3 is 13.5 Å². The zero-order valence-electron chi connectivity index (χ0n) is 59.1. The van der Waals surface area contributed by atoms with Crippen molar-refractivity contribution >= 4 is 11.3 Å². The quantitative estimate of drug-likeness (QED) is 0.0821. The van der Waals surface area contributed by atoms with E-state index in [2.05, 4.69) is 131 Å². The van der Waals surface area contributed by atoms with Gasteiger partial charge in [-0.3, -0.25) is 35.3 Å². The molecule has 0 radical (unpaired) electrons. The summed E-state index contributed by atoms with van der Waals surface area (Å²) in [4.78, 5) is 18.8. The van der Waals surface area contributed by atoms with Crippen LogP contribution in [-0.4, -0.2) is 136 Å². The van der Waals surface area contributed by atoms with Gasteiger partial charge in [0.1, 0.15) is 71.8 Å². The van der Waals surface area contributed by atoms with Crippen LogP contribution in [0.15, 0.2) is 90.2 Å². The fourth-order valence-corrected chi connectivity index (χ4v) is 4.07. The molecule has 30 heteroatoms. The second kappa shape index (κ2) is 81.4. The van der Waals surface area contributed by atoms with Crippen LogP contribution in [0, 0.1) is 83.1 Å². The van der Waals surface area contributed by atoms with Gasteiger partial charge in [-0.2, -0.15) is 40.7 Å². The van der Waals surface area contributed by atoms with Crippen LogP contribution in [0.1, 0.15) is 193 Å². The number of nitrogens with one attached hydrogen (secondary N) is 6. The van der Waals surface area contributed by atoms with E-state index in [9.17, 15) is 0 Å². The molecule has 0 bridgehead atoms. The van der Waals surface area contributed by atoms with Crippen LogP contribution in [0.25, 0.3) is 0 Å². The van der Waals surface area contributed by atoms with Crippen LogP contribution >= 0.6 is 11.3 Å². The average molecular weight is 1240 g/mol. The van der Waals surface area contributed by atoms with Crippen molar-refractivity contribution in [2.24, 2.45) is 14.1 Å². The van der Waals surface area contributed by atoms with Crippen molar-refractivity contribution in [1.82, 2.24) is 136 Å².